The summed E-state index contributed by atoms with van der Waals surface area (Å²) in [4.78, 5) is 34.2. The van der Waals surface area contributed by atoms with Gasteiger partial charge in [0, 0.05) is 31.6 Å². The van der Waals surface area contributed by atoms with Crippen LogP contribution in [0.15, 0.2) is 4.52 Å². The average molecular weight is 446 g/mol. The van der Waals surface area contributed by atoms with Crippen LogP contribution in [0.25, 0.3) is 0 Å². The Morgan fingerprint density at radius 3 is 2.44 bits per heavy atom. The highest BCUT2D eigenvalue weighted by Crippen LogP contribution is 2.48. The third-order valence-electron chi connectivity index (χ3n) is 7.63. The molecule has 2 amide bonds. The smallest absolute Gasteiger partial charge is 0.244 e. The molecule has 0 radical (unpaired) electrons. The molecule has 4 rings (SSSR count). The summed E-state index contributed by atoms with van der Waals surface area (Å²) in [6, 6.07) is 0.263. The highest BCUT2D eigenvalue weighted by Gasteiger charge is 2.48. The Balaban J connectivity index is 1.42. The lowest BCUT2D eigenvalue weighted by Crippen LogP contribution is -2.46. The third-order valence-corrected chi connectivity index (χ3v) is 7.63. The highest BCUT2D eigenvalue weighted by atomic mass is 16.5. The molecule has 1 spiro atoms. The molecule has 3 aliphatic rings. The van der Waals surface area contributed by atoms with Gasteiger partial charge in [0.05, 0.1) is 12.6 Å². The van der Waals surface area contributed by atoms with Gasteiger partial charge in [-0.05, 0) is 44.4 Å². The van der Waals surface area contributed by atoms with E-state index in [4.69, 9.17) is 4.52 Å². The van der Waals surface area contributed by atoms with Crippen molar-refractivity contribution < 1.29 is 14.1 Å². The maximum atomic E-state index is 13.0. The van der Waals surface area contributed by atoms with E-state index in [0.717, 1.165) is 51.7 Å². The number of nitrogens with zero attached hydrogens (tertiary/aromatic N) is 4. The summed E-state index contributed by atoms with van der Waals surface area (Å²) in [6.07, 6.45) is 9.93. The van der Waals surface area contributed by atoms with Crippen molar-refractivity contribution >= 4 is 11.8 Å². The van der Waals surface area contributed by atoms with Gasteiger partial charge >= 0.3 is 0 Å². The Labute approximate surface area is 191 Å². The first-order valence-electron chi connectivity index (χ1n) is 12.5. The zero-order valence-electron chi connectivity index (χ0n) is 19.9. The van der Waals surface area contributed by atoms with Crippen LogP contribution < -0.4 is 5.32 Å². The van der Waals surface area contributed by atoms with E-state index in [1.54, 1.807) is 0 Å². The van der Waals surface area contributed by atoms with Crippen LogP contribution in [0.4, 0.5) is 0 Å². The Kier molecular flexibility index (Phi) is 7.17. The van der Waals surface area contributed by atoms with Crippen molar-refractivity contribution in [1.29, 1.82) is 0 Å². The molecule has 3 heterocycles. The quantitative estimate of drug-likeness (QED) is 0.700. The van der Waals surface area contributed by atoms with Gasteiger partial charge in [0.2, 0.25) is 17.7 Å². The van der Waals surface area contributed by atoms with Crippen molar-refractivity contribution in [1.82, 2.24) is 25.3 Å². The van der Waals surface area contributed by atoms with Crippen LogP contribution in [0.3, 0.4) is 0 Å². The van der Waals surface area contributed by atoms with Crippen molar-refractivity contribution in [3.8, 4) is 0 Å². The maximum Gasteiger partial charge on any atom is 0.244 e. The molecule has 1 saturated carbocycles. The van der Waals surface area contributed by atoms with Gasteiger partial charge in [0.15, 0.2) is 5.82 Å². The molecule has 0 bridgehead atoms. The first-order chi connectivity index (χ1) is 15.3. The Bertz CT molecular complexity index is 791. The highest BCUT2D eigenvalue weighted by molar-refractivity contribution is 5.79. The van der Waals surface area contributed by atoms with E-state index in [1.807, 2.05) is 25.7 Å². The van der Waals surface area contributed by atoms with E-state index in [1.165, 1.54) is 25.7 Å². The van der Waals surface area contributed by atoms with Gasteiger partial charge in [-0.3, -0.25) is 14.5 Å². The maximum absolute atomic E-state index is 13.0. The Hall–Kier alpha value is -1.96. The van der Waals surface area contributed by atoms with Crippen molar-refractivity contribution in [3.05, 3.63) is 11.7 Å². The van der Waals surface area contributed by atoms with Crippen LogP contribution in [0, 0.1) is 18.3 Å². The summed E-state index contributed by atoms with van der Waals surface area (Å²) in [6.45, 7) is 8.52. The zero-order valence-corrected chi connectivity index (χ0v) is 19.9. The Morgan fingerprint density at radius 1 is 1.16 bits per heavy atom. The second-order valence-corrected chi connectivity index (χ2v) is 10.5. The third kappa shape index (κ3) is 5.33. The molecule has 8 nitrogen and oxygen atoms in total. The lowest BCUT2D eigenvalue weighted by molar-refractivity contribution is -0.136. The normalized spacial score (nSPS) is 24.8. The first kappa shape index (κ1) is 23.2. The van der Waals surface area contributed by atoms with Gasteiger partial charge in [0.25, 0.3) is 0 Å². The topological polar surface area (TPSA) is 91.6 Å². The molecular formula is C24H39N5O3. The molecule has 1 aromatic heterocycles. The lowest BCUT2D eigenvalue weighted by atomic mass is 9.76. The van der Waals surface area contributed by atoms with Crippen LogP contribution in [-0.4, -0.2) is 64.0 Å². The summed E-state index contributed by atoms with van der Waals surface area (Å²) in [5.41, 5.74) is 0.0867. The van der Waals surface area contributed by atoms with Gasteiger partial charge in [-0.15, -0.1) is 0 Å². The monoisotopic (exact) mass is 445 g/mol. The second-order valence-electron chi connectivity index (χ2n) is 10.5. The van der Waals surface area contributed by atoms with E-state index in [2.05, 4.69) is 20.4 Å². The van der Waals surface area contributed by atoms with E-state index in [0.29, 0.717) is 24.3 Å². The summed E-state index contributed by atoms with van der Waals surface area (Å²) in [7, 11) is 0. The predicted molar refractivity (Wildman–Crippen MR) is 121 cm³/mol. The standard InChI is InChI=1S/C24H39N5O3/c1-17(2)23(31)28-12-10-24(11-13-28)14-20(22-25-18(3)27-32-22)29(16-24)15-21(30)26-19-8-6-4-5-7-9-19/h17,19-20H,4-16H2,1-3H3,(H,26,30). The second kappa shape index (κ2) is 9.89. The number of rotatable bonds is 5. The lowest BCUT2D eigenvalue weighted by Gasteiger charge is -2.40. The number of piperidine rings is 1. The van der Waals surface area contributed by atoms with Crippen molar-refractivity contribution in [2.75, 3.05) is 26.2 Å². The van der Waals surface area contributed by atoms with Crippen LogP contribution in [0.5, 0.6) is 0 Å². The SMILES string of the molecule is Cc1noc(C2CC3(CCN(C(=O)C(C)C)CC3)CN2CC(=O)NC2CCCCCC2)n1. The molecule has 1 atom stereocenters. The van der Waals surface area contributed by atoms with Gasteiger partial charge in [-0.25, -0.2) is 0 Å². The molecule has 1 N–H and O–H groups in total. The predicted octanol–water partition coefficient (Wildman–Crippen LogP) is 3.23. The molecule has 1 aromatic rings. The Morgan fingerprint density at radius 2 is 1.84 bits per heavy atom. The summed E-state index contributed by atoms with van der Waals surface area (Å²) < 4.78 is 5.55. The van der Waals surface area contributed by atoms with Crippen molar-refractivity contribution in [3.63, 3.8) is 0 Å². The van der Waals surface area contributed by atoms with E-state index in [-0.39, 0.29) is 29.2 Å². The zero-order chi connectivity index (χ0) is 22.7. The molecule has 3 fully saturated rings. The fourth-order valence-electron chi connectivity index (χ4n) is 5.81. The van der Waals surface area contributed by atoms with Crippen LogP contribution in [0.1, 0.15) is 89.4 Å². The van der Waals surface area contributed by atoms with Crippen molar-refractivity contribution in [2.24, 2.45) is 11.3 Å². The van der Waals surface area contributed by atoms with Crippen molar-refractivity contribution in [2.45, 2.75) is 90.6 Å². The minimum atomic E-state index is -0.0385. The van der Waals surface area contributed by atoms with Crippen LogP contribution in [0.2, 0.25) is 0 Å². The molecule has 32 heavy (non-hydrogen) atoms. The number of nitrogens with one attached hydrogen (secondary N) is 1. The minimum absolute atomic E-state index is 0.0333. The number of carbonyl (C=O) groups is 2. The number of carbonyl (C=O) groups excluding carboxylic acids is 2. The first-order valence-corrected chi connectivity index (χ1v) is 12.5. The number of hydrogen-bond donors (Lipinski definition) is 1. The van der Waals surface area contributed by atoms with Crippen LogP contribution in [-0.2, 0) is 9.59 Å². The number of amides is 2. The van der Waals surface area contributed by atoms with Crippen LogP contribution >= 0.6 is 0 Å². The van der Waals surface area contributed by atoms with Gasteiger partial charge in [0.1, 0.15) is 0 Å². The molecule has 2 aliphatic heterocycles. The fraction of sp³-hybridized carbons (Fsp3) is 0.833. The molecule has 1 aliphatic carbocycles. The number of aryl methyl sites for hydroxylation is 1. The van der Waals surface area contributed by atoms with E-state index >= 15 is 0 Å². The summed E-state index contributed by atoms with van der Waals surface area (Å²) in [5.74, 6) is 1.61. The van der Waals surface area contributed by atoms with E-state index < -0.39 is 0 Å². The largest absolute Gasteiger partial charge is 0.352 e. The summed E-state index contributed by atoms with van der Waals surface area (Å²) >= 11 is 0. The minimum Gasteiger partial charge on any atom is -0.352 e. The average Bonchev–Trinajstić information content (AvgIpc) is 3.23. The molecule has 0 aromatic carbocycles. The number of likely N-dealkylation sites (tertiary alicyclic amines) is 2. The van der Waals surface area contributed by atoms with E-state index in [9.17, 15) is 9.59 Å². The molecular weight excluding hydrogens is 406 g/mol. The summed E-state index contributed by atoms with van der Waals surface area (Å²) in [5, 5.41) is 7.29. The number of hydrogen-bond acceptors (Lipinski definition) is 6. The molecule has 178 valence electrons. The van der Waals surface area contributed by atoms with Gasteiger partial charge < -0.3 is 14.7 Å². The molecule has 1 unspecified atom stereocenters. The van der Waals surface area contributed by atoms with Gasteiger partial charge in [-0.2, -0.15) is 4.98 Å². The van der Waals surface area contributed by atoms with Gasteiger partial charge in [-0.1, -0.05) is 44.7 Å². The molecule has 8 heteroatoms. The number of aromatic nitrogens is 2. The molecule has 2 saturated heterocycles. The fourth-order valence-corrected chi connectivity index (χ4v) is 5.81.